The molecule has 1 aromatic carbocycles. The summed E-state index contributed by atoms with van der Waals surface area (Å²) in [6, 6.07) is 5.71. The highest BCUT2D eigenvalue weighted by Gasteiger charge is 2.30. The van der Waals surface area contributed by atoms with Crippen molar-refractivity contribution < 1.29 is 4.74 Å². The first-order valence-electron chi connectivity index (χ1n) is 5.44. The van der Waals surface area contributed by atoms with E-state index in [1.807, 2.05) is 19.2 Å². The lowest BCUT2D eigenvalue weighted by atomic mass is 9.95. The van der Waals surface area contributed by atoms with Crippen molar-refractivity contribution in [3.05, 3.63) is 33.8 Å². The van der Waals surface area contributed by atoms with Gasteiger partial charge in [0.15, 0.2) is 0 Å². The second-order valence-electron chi connectivity index (χ2n) is 4.04. The van der Waals surface area contributed by atoms with E-state index in [4.69, 9.17) is 27.9 Å². The Hall–Kier alpha value is -0.280. The second kappa shape index (κ2) is 5.37. The third-order valence-corrected chi connectivity index (χ3v) is 3.80. The van der Waals surface area contributed by atoms with Gasteiger partial charge in [-0.2, -0.15) is 0 Å². The van der Waals surface area contributed by atoms with Gasteiger partial charge in [0.05, 0.1) is 16.1 Å². The van der Waals surface area contributed by atoms with Crippen LogP contribution in [0.1, 0.15) is 18.1 Å². The molecule has 0 saturated carbocycles. The number of hydrogen-bond acceptors (Lipinski definition) is 2. The molecule has 4 heteroatoms. The lowest BCUT2D eigenvalue weighted by Crippen LogP contribution is -2.21. The molecule has 1 saturated heterocycles. The van der Waals surface area contributed by atoms with E-state index in [0.29, 0.717) is 16.0 Å². The van der Waals surface area contributed by atoms with Crippen LogP contribution in [0.15, 0.2) is 18.2 Å². The Morgan fingerprint density at radius 1 is 1.44 bits per heavy atom. The van der Waals surface area contributed by atoms with Crippen molar-refractivity contribution in [1.82, 2.24) is 5.32 Å². The van der Waals surface area contributed by atoms with E-state index in [-0.39, 0.29) is 6.10 Å². The van der Waals surface area contributed by atoms with Gasteiger partial charge in [-0.25, -0.2) is 0 Å². The topological polar surface area (TPSA) is 21.3 Å². The largest absolute Gasteiger partial charge is 0.373 e. The molecular weight excluding hydrogens is 245 g/mol. The van der Waals surface area contributed by atoms with Crippen molar-refractivity contribution in [3.8, 4) is 0 Å². The summed E-state index contributed by atoms with van der Waals surface area (Å²) in [5.74, 6) is 0.473. The maximum Gasteiger partial charge on any atom is 0.0880 e. The van der Waals surface area contributed by atoms with Gasteiger partial charge in [-0.05, 0) is 19.5 Å². The smallest absolute Gasteiger partial charge is 0.0880 e. The van der Waals surface area contributed by atoms with Crippen LogP contribution in [-0.2, 0) is 4.74 Å². The fraction of sp³-hybridized carbons (Fsp3) is 0.500. The Labute approximate surface area is 106 Å². The molecule has 0 aromatic heterocycles. The highest BCUT2D eigenvalue weighted by atomic mass is 35.5. The van der Waals surface area contributed by atoms with Gasteiger partial charge in [0.1, 0.15) is 0 Å². The molecule has 16 heavy (non-hydrogen) atoms. The van der Waals surface area contributed by atoms with Crippen LogP contribution in [0, 0.1) is 5.92 Å². The van der Waals surface area contributed by atoms with Crippen LogP contribution in [0.25, 0.3) is 0 Å². The number of hydrogen-bond donors (Lipinski definition) is 1. The molecule has 2 nitrogen and oxygen atoms in total. The van der Waals surface area contributed by atoms with Crippen LogP contribution < -0.4 is 5.32 Å². The molecule has 88 valence electrons. The number of ether oxygens (including phenoxy) is 1. The summed E-state index contributed by atoms with van der Waals surface area (Å²) in [4.78, 5) is 0. The van der Waals surface area contributed by atoms with Crippen LogP contribution in [0.3, 0.4) is 0 Å². The van der Waals surface area contributed by atoms with Crippen molar-refractivity contribution in [1.29, 1.82) is 0 Å². The summed E-state index contributed by atoms with van der Waals surface area (Å²) in [7, 11) is 1.95. The molecule has 0 amide bonds. The summed E-state index contributed by atoms with van der Waals surface area (Å²) < 4.78 is 5.76. The first-order chi connectivity index (χ1) is 7.74. The van der Waals surface area contributed by atoms with E-state index < -0.39 is 0 Å². The van der Waals surface area contributed by atoms with E-state index in [0.717, 1.165) is 25.1 Å². The van der Waals surface area contributed by atoms with Crippen molar-refractivity contribution in [2.75, 3.05) is 20.2 Å². The van der Waals surface area contributed by atoms with Crippen LogP contribution in [0.2, 0.25) is 10.0 Å². The molecule has 2 unspecified atom stereocenters. The maximum absolute atomic E-state index is 6.21. The Morgan fingerprint density at radius 3 is 3.00 bits per heavy atom. The minimum atomic E-state index is 0.0682. The highest BCUT2D eigenvalue weighted by molar-refractivity contribution is 6.42. The molecule has 1 aromatic rings. The Kier molecular flexibility index (Phi) is 4.09. The van der Waals surface area contributed by atoms with E-state index in [1.54, 1.807) is 6.07 Å². The zero-order chi connectivity index (χ0) is 11.5. The molecule has 1 aliphatic heterocycles. The predicted molar refractivity (Wildman–Crippen MR) is 67.2 cm³/mol. The fourth-order valence-corrected chi connectivity index (χ4v) is 2.60. The lowest BCUT2D eigenvalue weighted by molar-refractivity contribution is 0.0910. The average molecular weight is 260 g/mol. The van der Waals surface area contributed by atoms with Gasteiger partial charge in [0, 0.05) is 24.6 Å². The van der Waals surface area contributed by atoms with Crippen LogP contribution >= 0.6 is 23.2 Å². The Bertz CT molecular complexity index is 370. The van der Waals surface area contributed by atoms with E-state index in [2.05, 4.69) is 5.32 Å². The number of nitrogens with one attached hydrogen (secondary N) is 1. The zero-order valence-corrected chi connectivity index (χ0v) is 10.7. The molecule has 0 aliphatic carbocycles. The lowest BCUT2D eigenvalue weighted by Gasteiger charge is -2.20. The van der Waals surface area contributed by atoms with Crippen LogP contribution in [0.5, 0.6) is 0 Å². The molecule has 0 bridgehead atoms. The van der Waals surface area contributed by atoms with Gasteiger partial charge in [0.25, 0.3) is 0 Å². The summed E-state index contributed by atoms with van der Waals surface area (Å²) in [5.41, 5.74) is 1.01. The Morgan fingerprint density at radius 2 is 2.25 bits per heavy atom. The van der Waals surface area contributed by atoms with E-state index >= 15 is 0 Å². The van der Waals surface area contributed by atoms with Gasteiger partial charge >= 0.3 is 0 Å². The fourth-order valence-electron chi connectivity index (χ4n) is 2.19. The van der Waals surface area contributed by atoms with Crippen molar-refractivity contribution in [2.24, 2.45) is 5.92 Å². The zero-order valence-electron chi connectivity index (χ0n) is 9.17. The van der Waals surface area contributed by atoms with Crippen molar-refractivity contribution in [3.63, 3.8) is 0 Å². The minimum Gasteiger partial charge on any atom is -0.373 e. The molecule has 0 radical (unpaired) electrons. The molecule has 1 N–H and O–H groups in total. The Balaban J connectivity index is 2.25. The van der Waals surface area contributed by atoms with Crippen molar-refractivity contribution >= 4 is 23.2 Å². The molecule has 2 rings (SSSR count). The molecule has 1 aliphatic rings. The second-order valence-corrected chi connectivity index (χ2v) is 4.83. The highest BCUT2D eigenvalue weighted by Crippen LogP contribution is 2.39. The quantitative estimate of drug-likeness (QED) is 0.900. The number of rotatable bonds is 3. The van der Waals surface area contributed by atoms with E-state index in [1.165, 1.54) is 0 Å². The van der Waals surface area contributed by atoms with Crippen LogP contribution in [0.4, 0.5) is 0 Å². The normalized spacial score (nSPS) is 24.9. The molecular formula is C12H15Cl2NO. The van der Waals surface area contributed by atoms with Gasteiger partial charge in [0.2, 0.25) is 0 Å². The average Bonchev–Trinajstić information content (AvgIpc) is 2.71. The number of halogens is 2. The molecule has 2 atom stereocenters. The maximum atomic E-state index is 6.21. The third kappa shape index (κ3) is 2.35. The monoisotopic (exact) mass is 259 g/mol. The molecule has 0 spiro atoms. The number of benzene rings is 1. The van der Waals surface area contributed by atoms with Gasteiger partial charge < -0.3 is 10.1 Å². The van der Waals surface area contributed by atoms with Crippen molar-refractivity contribution in [2.45, 2.75) is 12.5 Å². The minimum absolute atomic E-state index is 0.0682. The first kappa shape index (κ1) is 12.2. The summed E-state index contributed by atoms with van der Waals surface area (Å²) in [6.45, 7) is 1.73. The van der Waals surface area contributed by atoms with Crippen LogP contribution in [-0.4, -0.2) is 20.2 Å². The SMILES string of the molecule is CNCC1CCOC1c1cccc(Cl)c1Cl. The predicted octanol–water partition coefficient (Wildman–Crippen LogP) is 3.29. The van der Waals surface area contributed by atoms with Gasteiger partial charge in [-0.15, -0.1) is 0 Å². The standard InChI is InChI=1S/C12H15Cl2NO/c1-15-7-8-5-6-16-12(8)9-3-2-4-10(13)11(9)14/h2-4,8,12,15H,5-7H2,1H3. The molecule has 1 fully saturated rings. The van der Waals surface area contributed by atoms with Gasteiger partial charge in [-0.3, -0.25) is 0 Å². The van der Waals surface area contributed by atoms with Gasteiger partial charge in [-0.1, -0.05) is 35.3 Å². The van der Waals surface area contributed by atoms with E-state index in [9.17, 15) is 0 Å². The summed E-state index contributed by atoms with van der Waals surface area (Å²) in [6.07, 6.45) is 1.13. The summed E-state index contributed by atoms with van der Waals surface area (Å²) in [5, 5.41) is 4.41. The summed E-state index contributed by atoms with van der Waals surface area (Å²) >= 11 is 12.2. The third-order valence-electron chi connectivity index (χ3n) is 2.97. The first-order valence-corrected chi connectivity index (χ1v) is 6.19. The molecule has 1 heterocycles.